The van der Waals surface area contributed by atoms with Crippen LogP contribution in [-0.4, -0.2) is 20.5 Å². The lowest BCUT2D eigenvalue weighted by Gasteiger charge is -2.06. The van der Waals surface area contributed by atoms with E-state index in [1.165, 1.54) is 12.3 Å². The molecule has 4 rings (SSSR count). The molecule has 0 aliphatic rings. The molecular weight excluding hydrogens is 366 g/mol. The molecule has 2 N–H and O–H groups in total. The summed E-state index contributed by atoms with van der Waals surface area (Å²) in [6.07, 6.45) is 1.36. The maximum atomic E-state index is 14.1. The van der Waals surface area contributed by atoms with E-state index in [4.69, 9.17) is 0 Å². The van der Waals surface area contributed by atoms with Crippen molar-refractivity contribution in [2.75, 3.05) is 0 Å². The molecule has 0 aliphatic carbocycles. The number of rotatable bonds is 4. The number of nitrogens with zero attached hydrogens (tertiary/aromatic N) is 2. The van der Waals surface area contributed by atoms with Gasteiger partial charge in [0.15, 0.2) is 5.65 Å². The summed E-state index contributed by atoms with van der Waals surface area (Å²) in [5.74, 6) is -2.02. The van der Waals surface area contributed by atoms with Crippen molar-refractivity contribution in [3.05, 3.63) is 93.9 Å². The molecule has 2 heterocycles. The first kappa shape index (κ1) is 17.6. The second kappa shape index (κ2) is 7.07. The highest BCUT2D eigenvalue weighted by Crippen LogP contribution is 2.21. The van der Waals surface area contributed by atoms with E-state index in [0.717, 1.165) is 22.2 Å². The number of fused-ring (bicyclic) bond motifs is 1. The molecule has 0 bridgehead atoms. The van der Waals surface area contributed by atoms with E-state index in [0.29, 0.717) is 12.6 Å². The molecule has 6 nitrogen and oxygen atoms in total. The van der Waals surface area contributed by atoms with Crippen LogP contribution in [0.25, 0.3) is 16.9 Å². The van der Waals surface area contributed by atoms with E-state index in [1.54, 1.807) is 0 Å². The molecule has 1 amide bonds. The fourth-order valence-corrected chi connectivity index (χ4v) is 2.86. The van der Waals surface area contributed by atoms with Gasteiger partial charge in [0.1, 0.15) is 17.2 Å². The van der Waals surface area contributed by atoms with Crippen LogP contribution in [0.3, 0.4) is 0 Å². The zero-order valence-corrected chi connectivity index (χ0v) is 14.4. The van der Waals surface area contributed by atoms with Gasteiger partial charge in [0.25, 0.3) is 11.5 Å². The quantitative estimate of drug-likeness (QED) is 0.571. The lowest BCUT2D eigenvalue weighted by atomic mass is 10.1. The number of hydrogen-bond acceptors (Lipinski definition) is 3. The summed E-state index contributed by atoms with van der Waals surface area (Å²) in [6.45, 7) is 0.299. The number of hydrogen-bond donors (Lipinski definition) is 2. The standard InChI is InChI=1S/C20H14F2N4O2/c21-13-6-7-14(16(22)8-13)17-9-18(27)26-19(25-17)15(11-24-26)20(28)23-10-12-4-2-1-3-5-12/h1-9,11,24H,10H2,(H,23,28). The maximum absolute atomic E-state index is 14.1. The van der Waals surface area contributed by atoms with Crippen LogP contribution in [0.4, 0.5) is 8.78 Å². The molecule has 4 aromatic rings. The molecule has 0 saturated carbocycles. The first-order chi connectivity index (χ1) is 13.5. The van der Waals surface area contributed by atoms with Crippen LogP contribution >= 0.6 is 0 Å². The molecule has 0 saturated heterocycles. The molecule has 8 heteroatoms. The van der Waals surface area contributed by atoms with Gasteiger partial charge in [-0.3, -0.25) is 14.7 Å². The number of amides is 1. The average Bonchev–Trinajstić information content (AvgIpc) is 3.11. The minimum absolute atomic E-state index is 0.0132. The third-order valence-corrected chi connectivity index (χ3v) is 4.25. The van der Waals surface area contributed by atoms with Crippen LogP contribution < -0.4 is 10.9 Å². The Hall–Kier alpha value is -3.81. The van der Waals surface area contributed by atoms with E-state index in [-0.39, 0.29) is 22.5 Å². The van der Waals surface area contributed by atoms with Crippen LogP contribution in [-0.2, 0) is 6.54 Å². The Kier molecular flexibility index (Phi) is 4.44. The summed E-state index contributed by atoms with van der Waals surface area (Å²) in [6, 6.07) is 13.4. The summed E-state index contributed by atoms with van der Waals surface area (Å²) >= 11 is 0. The molecule has 0 atom stereocenters. The number of aromatic amines is 1. The molecule has 2 aromatic carbocycles. The van der Waals surface area contributed by atoms with Gasteiger partial charge in [-0.25, -0.2) is 18.3 Å². The second-order valence-corrected chi connectivity index (χ2v) is 6.12. The molecule has 0 aliphatic heterocycles. The van der Waals surface area contributed by atoms with E-state index >= 15 is 0 Å². The van der Waals surface area contributed by atoms with Crippen LogP contribution in [0.5, 0.6) is 0 Å². The van der Waals surface area contributed by atoms with Crippen molar-refractivity contribution in [1.29, 1.82) is 0 Å². The smallest absolute Gasteiger partial charge is 0.273 e. The first-order valence-electron chi connectivity index (χ1n) is 8.41. The molecule has 0 unspecified atom stereocenters. The second-order valence-electron chi connectivity index (χ2n) is 6.12. The van der Waals surface area contributed by atoms with Crippen LogP contribution in [0.15, 0.2) is 65.6 Å². The number of nitrogens with one attached hydrogen (secondary N) is 2. The SMILES string of the molecule is O=C(NCc1ccccc1)c1c[nH]n2c(=O)cc(-c3ccc(F)cc3F)nc12. The van der Waals surface area contributed by atoms with Gasteiger partial charge >= 0.3 is 0 Å². The zero-order chi connectivity index (χ0) is 19.7. The topological polar surface area (TPSA) is 79.3 Å². The average molecular weight is 380 g/mol. The number of carbonyl (C=O) groups excluding carboxylic acids is 1. The summed E-state index contributed by atoms with van der Waals surface area (Å²) in [4.78, 5) is 29.1. The van der Waals surface area contributed by atoms with Crippen LogP contribution in [0.1, 0.15) is 15.9 Å². The Morgan fingerprint density at radius 1 is 1.11 bits per heavy atom. The third-order valence-electron chi connectivity index (χ3n) is 4.25. The summed E-state index contributed by atoms with van der Waals surface area (Å²) in [7, 11) is 0. The Morgan fingerprint density at radius 3 is 2.64 bits per heavy atom. The Labute approximate surface area is 157 Å². The van der Waals surface area contributed by atoms with Crippen molar-refractivity contribution in [3.8, 4) is 11.3 Å². The van der Waals surface area contributed by atoms with Crippen LogP contribution in [0, 0.1) is 11.6 Å². The van der Waals surface area contributed by atoms with E-state index in [2.05, 4.69) is 15.4 Å². The van der Waals surface area contributed by atoms with E-state index in [9.17, 15) is 18.4 Å². The number of halogens is 2. The highest BCUT2D eigenvalue weighted by molar-refractivity contribution is 5.99. The lowest BCUT2D eigenvalue weighted by Crippen LogP contribution is -2.23. The fourth-order valence-electron chi connectivity index (χ4n) is 2.86. The molecule has 0 spiro atoms. The highest BCUT2D eigenvalue weighted by atomic mass is 19.1. The van der Waals surface area contributed by atoms with Crippen molar-refractivity contribution in [2.24, 2.45) is 0 Å². The van der Waals surface area contributed by atoms with Gasteiger partial charge < -0.3 is 5.32 Å². The third kappa shape index (κ3) is 3.27. The Morgan fingerprint density at radius 2 is 1.89 bits per heavy atom. The Bertz CT molecular complexity index is 1230. The molecule has 140 valence electrons. The molecular formula is C20H14F2N4O2. The van der Waals surface area contributed by atoms with Gasteiger partial charge in [-0.1, -0.05) is 30.3 Å². The molecule has 0 radical (unpaired) electrons. The maximum Gasteiger partial charge on any atom is 0.273 e. The monoisotopic (exact) mass is 380 g/mol. The largest absolute Gasteiger partial charge is 0.348 e. The molecule has 0 fully saturated rings. The summed E-state index contributed by atoms with van der Waals surface area (Å²) < 4.78 is 28.3. The number of H-pyrrole nitrogens is 1. The van der Waals surface area contributed by atoms with Gasteiger partial charge in [-0.15, -0.1) is 0 Å². The number of carbonyl (C=O) groups is 1. The van der Waals surface area contributed by atoms with Crippen LogP contribution in [0.2, 0.25) is 0 Å². The number of benzene rings is 2. The number of aromatic nitrogens is 3. The minimum Gasteiger partial charge on any atom is -0.348 e. The van der Waals surface area contributed by atoms with Crippen molar-refractivity contribution in [3.63, 3.8) is 0 Å². The predicted octanol–water partition coefficient (Wildman–Crippen LogP) is 2.90. The normalized spacial score (nSPS) is 10.9. The Balaban J connectivity index is 1.71. The van der Waals surface area contributed by atoms with Crippen molar-refractivity contribution in [2.45, 2.75) is 6.54 Å². The van der Waals surface area contributed by atoms with E-state index < -0.39 is 23.1 Å². The van der Waals surface area contributed by atoms with E-state index in [1.807, 2.05) is 30.3 Å². The minimum atomic E-state index is -0.845. The van der Waals surface area contributed by atoms with Crippen molar-refractivity contribution in [1.82, 2.24) is 19.9 Å². The highest BCUT2D eigenvalue weighted by Gasteiger charge is 2.17. The van der Waals surface area contributed by atoms with Crippen molar-refractivity contribution >= 4 is 11.6 Å². The van der Waals surface area contributed by atoms with Gasteiger partial charge in [0.2, 0.25) is 0 Å². The van der Waals surface area contributed by atoms with Gasteiger partial charge in [0.05, 0.1) is 5.69 Å². The zero-order valence-electron chi connectivity index (χ0n) is 14.4. The first-order valence-corrected chi connectivity index (χ1v) is 8.41. The lowest BCUT2D eigenvalue weighted by molar-refractivity contribution is 0.0952. The summed E-state index contributed by atoms with van der Waals surface area (Å²) in [5, 5.41) is 5.42. The summed E-state index contributed by atoms with van der Waals surface area (Å²) in [5.41, 5.74) is 0.562. The van der Waals surface area contributed by atoms with Gasteiger partial charge in [-0.05, 0) is 17.7 Å². The molecule has 28 heavy (non-hydrogen) atoms. The molecule has 2 aromatic heterocycles. The fraction of sp³-hybridized carbons (Fsp3) is 0.0500. The van der Waals surface area contributed by atoms with Gasteiger partial charge in [-0.2, -0.15) is 0 Å². The van der Waals surface area contributed by atoms with Crippen molar-refractivity contribution < 1.29 is 13.6 Å². The predicted molar refractivity (Wildman–Crippen MR) is 98.8 cm³/mol. The van der Waals surface area contributed by atoms with Gasteiger partial charge in [0, 0.05) is 30.4 Å².